The highest BCUT2D eigenvalue weighted by Gasteiger charge is 2.18. The first-order valence-corrected chi connectivity index (χ1v) is 9.61. The number of carbonyl (C=O) groups is 1. The summed E-state index contributed by atoms with van der Waals surface area (Å²) < 4.78 is 13.1. The van der Waals surface area contributed by atoms with Crippen molar-refractivity contribution in [2.24, 2.45) is 0 Å². The highest BCUT2D eigenvalue weighted by atomic mass is 32.2. The Balaban J connectivity index is 1.43. The molecule has 1 aromatic heterocycles. The van der Waals surface area contributed by atoms with Crippen molar-refractivity contribution in [2.45, 2.75) is 16.5 Å². The van der Waals surface area contributed by atoms with Crippen LogP contribution in [0.4, 0.5) is 5.69 Å². The van der Waals surface area contributed by atoms with Crippen LogP contribution in [0, 0.1) is 0 Å². The number of fused-ring (bicyclic) bond motifs is 2. The largest absolute Gasteiger partial charge is 0.486 e. The zero-order valence-electron chi connectivity index (χ0n) is 13.5. The van der Waals surface area contributed by atoms with Crippen molar-refractivity contribution in [3.8, 4) is 11.5 Å². The summed E-state index contributed by atoms with van der Waals surface area (Å²) in [7, 11) is 0. The van der Waals surface area contributed by atoms with Crippen LogP contribution in [-0.2, 0) is 4.79 Å². The zero-order valence-corrected chi connectivity index (χ0v) is 15.2. The number of thiazole rings is 1. The van der Waals surface area contributed by atoms with Crippen molar-refractivity contribution in [3.63, 3.8) is 0 Å². The van der Waals surface area contributed by atoms with E-state index in [1.807, 2.05) is 43.3 Å². The summed E-state index contributed by atoms with van der Waals surface area (Å²) >= 11 is 3.07. The van der Waals surface area contributed by atoms with Gasteiger partial charge in [-0.05, 0) is 31.2 Å². The molecule has 0 unspecified atom stereocenters. The lowest BCUT2D eigenvalue weighted by atomic mass is 10.2. The van der Waals surface area contributed by atoms with Crippen LogP contribution in [0.1, 0.15) is 6.92 Å². The molecule has 25 heavy (non-hydrogen) atoms. The van der Waals surface area contributed by atoms with E-state index in [1.54, 1.807) is 17.4 Å². The van der Waals surface area contributed by atoms with Crippen molar-refractivity contribution in [3.05, 3.63) is 42.5 Å². The second-order valence-electron chi connectivity index (χ2n) is 5.56. The minimum absolute atomic E-state index is 0.0686. The van der Waals surface area contributed by atoms with Crippen LogP contribution in [0.25, 0.3) is 10.2 Å². The number of hydrogen-bond acceptors (Lipinski definition) is 6. The second kappa shape index (κ2) is 6.93. The van der Waals surface area contributed by atoms with Crippen molar-refractivity contribution in [2.75, 3.05) is 18.5 Å². The fourth-order valence-electron chi connectivity index (χ4n) is 2.47. The van der Waals surface area contributed by atoms with Crippen molar-refractivity contribution in [1.29, 1.82) is 0 Å². The Morgan fingerprint density at radius 3 is 2.84 bits per heavy atom. The summed E-state index contributed by atoms with van der Waals surface area (Å²) in [6.07, 6.45) is 0. The molecular weight excluding hydrogens is 356 g/mol. The Kier molecular flexibility index (Phi) is 4.50. The van der Waals surface area contributed by atoms with Crippen LogP contribution in [0.3, 0.4) is 0 Å². The Labute approximate surface area is 153 Å². The van der Waals surface area contributed by atoms with Crippen LogP contribution in [0.2, 0.25) is 0 Å². The van der Waals surface area contributed by atoms with Gasteiger partial charge in [0.25, 0.3) is 0 Å². The van der Waals surface area contributed by atoms with Crippen LogP contribution in [-0.4, -0.2) is 29.4 Å². The molecule has 0 aliphatic carbocycles. The lowest BCUT2D eigenvalue weighted by Crippen LogP contribution is -2.22. The van der Waals surface area contributed by atoms with E-state index in [4.69, 9.17) is 9.47 Å². The molecule has 7 heteroatoms. The maximum Gasteiger partial charge on any atom is 0.237 e. The van der Waals surface area contributed by atoms with Crippen LogP contribution < -0.4 is 14.8 Å². The molecule has 0 saturated carbocycles. The summed E-state index contributed by atoms with van der Waals surface area (Å²) in [5, 5.41) is 2.67. The number of aromatic nitrogens is 1. The molecule has 0 spiro atoms. The molecule has 5 nitrogen and oxygen atoms in total. The third kappa shape index (κ3) is 3.57. The van der Waals surface area contributed by atoms with E-state index in [0.717, 1.165) is 14.6 Å². The number of amides is 1. The van der Waals surface area contributed by atoms with E-state index in [-0.39, 0.29) is 11.2 Å². The number of thioether (sulfide) groups is 1. The van der Waals surface area contributed by atoms with Gasteiger partial charge in [-0.1, -0.05) is 23.9 Å². The summed E-state index contributed by atoms with van der Waals surface area (Å²) in [5.74, 6) is 1.30. The first-order valence-electron chi connectivity index (χ1n) is 7.92. The van der Waals surface area contributed by atoms with Gasteiger partial charge in [-0.25, -0.2) is 4.98 Å². The fraction of sp³-hybridized carbons (Fsp3) is 0.222. The number of nitrogens with zero attached hydrogens (tertiary/aromatic N) is 1. The highest BCUT2D eigenvalue weighted by molar-refractivity contribution is 8.02. The highest BCUT2D eigenvalue weighted by Crippen LogP contribution is 2.34. The van der Waals surface area contributed by atoms with Gasteiger partial charge >= 0.3 is 0 Å². The number of para-hydroxylation sites is 1. The van der Waals surface area contributed by atoms with Gasteiger partial charge in [0.05, 0.1) is 15.5 Å². The van der Waals surface area contributed by atoms with E-state index in [0.29, 0.717) is 30.4 Å². The van der Waals surface area contributed by atoms with Crippen molar-refractivity contribution in [1.82, 2.24) is 4.98 Å². The van der Waals surface area contributed by atoms with Crippen LogP contribution in [0.5, 0.6) is 11.5 Å². The number of benzene rings is 2. The van der Waals surface area contributed by atoms with Gasteiger partial charge in [0.1, 0.15) is 13.2 Å². The SMILES string of the molecule is C[C@@H](Sc1nc2ccccc2s1)C(=O)Nc1ccc2c(c1)OCCO2. The van der Waals surface area contributed by atoms with Gasteiger partial charge in [0.15, 0.2) is 15.8 Å². The van der Waals surface area contributed by atoms with Gasteiger partial charge in [-0.15, -0.1) is 11.3 Å². The molecule has 0 fully saturated rings. The molecule has 0 saturated heterocycles. The third-order valence-electron chi connectivity index (χ3n) is 3.73. The maximum atomic E-state index is 12.5. The quantitative estimate of drug-likeness (QED) is 0.696. The van der Waals surface area contributed by atoms with E-state index in [2.05, 4.69) is 10.3 Å². The molecular formula is C18H16N2O3S2. The number of ether oxygens (including phenoxy) is 2. The summed E-state index contributed by atoms with van der Waals surface area (Å²) in [5.41, 5.74) is 1.67. The summed E-state index contributed by atoms with van der Waals surface area (Å²) in [6, 6.07) is 13.4. The first-order chi connectivity index (χ1) is 12.2. The third-order valence-corrected chi connectivity index (χ3v) is 5.96. The van der Waals surface area contributed by atoms with Gasteiger partial charge in [0.2, 0.25) is 5.91 Å². The van der Waals surface area contributed by atoms with Crippen LogP contribution >= 0.6 is 23.1 Å². The second-order valence-corrected chi connectivity index (χ2v) is 8.17. The lowest BCUT2D eigenvalue weighted by Gasteiger charge is -2.19. The Morgan fingerprint density at radius 1 is 1.20 bits per heavy atom. The Bertz CT molecular complexity index is 893. The molecule has 3 aromatic rings. The minimum atomic E-state index is -0.256. The molecule has 1 atom stereocenters. The number of rotatable bonds is 4. The molecule has 4 rings (SSSR count). The van der Waals surface area contributed by atoms with Crippen molar-refractivity contribution >= 4 is 44.9 Å². The van der Waals surface area contributed by atoms with E-state index >= 15 is 0 Å². The molecule has 1 N–H and O–H groups in total. The number of nitrogens with one attached hydrogen (secondary N) is 1. The number of carbonyl (C=O) groups excluding carboxylic acids is 1. The normalized spacial score (nSPS) is 14.3. The zero-order chi connectivity index (χ0) is 17.2. The average Bonchev–Trinajstić information content (AvgIpc) is 3.03. The lowest BCUT2D eigenvalue weighted by molar-refractivity contribution is -0.115. The van der Waals surface area contributed by atoms with E-state index in [9.17, 15) is 4.79 Å². The molecule has 1 aliphatic rings. The van der Waals surface area contributed by atoms with Gasteiger partial charge in [0, 0.05) is 11.8 Å². The molecule has 1 amide bonds. The van der Waals surface area contributed by atoms with Crippen molar-refractivity contribution < 1.29 is 14.3 Å². The first kappa shape index (κ1) is 16.2. The van der Waals surface area contributed by atoms with E-state index in [1.165, 1.54) is 11.8 Å². The topological polar surface area (TPSA) is 60.5 Å². The molecule has 2 heterocycles. The monoisotopic (exact) mass is 372 g/mol. The van der Waals surface area contributed by atoms with Gasteiger partial charge in [-0.3, -0.25) is 4.79 Å². The molecule has 128 valence electrons. The summed E-state index contributed by atoms with van der Waals surface area (Å²) in [4.78, 5) is 17.0. The standard InChI is InChI=1S/C18H16N2O3S2/c1-11(24-18-20-13-4-2-3-5-16(13)25-18)17(21)19-12-6-7-14-15(10-12)23-9-8-22-14/h2-7,10-11H,8-9H2,1H3,(H,19,21)/t11-/m1/s1. The minimum Gasteiger partial charge on any atom is -0.486 e. The predicted octanol–water partition coefficient (Wildman–Crippen LogP) is 4.19. The Hall–Kier alpha value is -2.25. The van der Waals surface area contributed by atoms with Gasteiger partial charge < -0.3 is 14.8 Å². The van der Waals surface area contributed by atoms with E-state index < -0.39 is 0 Å². The molecule has 0 bridgehead atoms. The van der Waals surface area contributed by atoms with Crippen LogP contribution in [0.15, 0.2) is 46.8 Å². The number of hydrogen-bond donors (Lipinski definition) is 1. The number of anilines is 1. The average molecular weight is 372 g/mol. The van der Waals surface area contributed by atoms with Gasteiger partial charge in [-0.2, -0.15) is 0 Å². The molecule has 1 aliphatic heterocycles. The summed E-state index contributed by atoms with van der Waals surface area (Å²) in [6.45, 7) is 2.95. The maximum absolute atomic E-state index is 12.5. The molecule has 2 aromatic carbocycles. The smallest absolute Gasteiger partial charge is 0.237 e. The fourth-order valence-corrected chi connectivity index (χ4v) is 4.68. The Morgan fingerprint density at radius 2 is 2.00 bits per heavy atom. The predicted molar refractivity (Wildman–Crippen MR) is 101 cm³/mol. The molecule has 0 radical (unpaired) electrons.